The Hall–Kier alpha value is -2.33. The van der Waals surface area contributed by atoms with E-state index in [1.807, 2.05) is 23.1 Å². The monoisotopic (exact) mass is 337 g/mol. The highest BCUT2D eigenvalue weighted by Crippen LogP contribution is 2.17. The number of hydrogen-bond donors (Lipinski definition) is 1. The number of para-hydroxylation sites is 1. The lowest BCUT2D eigenvalue weighted by molar-refractivity contribution is 0.143. The first kappa shape index (κ1) is 17.5. The molecule has 1 aliphatic rings. The topological polar surface area (TPSA) is 35.6 Å². The Morgan fingerprint density at radius 2 is 1.60 bits per heavy atom. The summed E-state index contributed by atoms with van der Waals surface area (Å²) in [5, 5.41) is 3.07. The molecule has 0 bridgehead atoms. The number of rotatable bonds is 4. The average molecular weight is 337 g/mol. The van der Waals surface area contributed by atoms with E-state index in [2.05, 4.69) is 54.4 Å². The van der Waals surface area contributed by atoms with E-state index in [4.69, 9.17) is 0 Å². The van der Waals surface area contributed by atoms with Crippen LogP contribution in [0.4, 0.5) is 10.5 Å². The zero-order valence-corrected chi connectivity index (χ0v) is 15.2. The molecule has 25 heavy (non-hydrogen) atoms. The molecule has 0 unspecified atom stereocenters. The van der Waals surface area contributed by atoms with Gasteiger partial charge < -0.3 is 10.2 Å². The van der Waals surface area contributed by atoms with Gasteiger partial charge in [-0.3, -0.25) is 4.90 Å². The molecule has 1 aliphatic heterocycles. The van der Waals surface area contributed by atoms with Crippen LogP contribution in [0.1, 0.15) is 23.6 Å². The van der Waals surface area contributed by atoms with Gasteiger partial charge in [-0.25, -0.2) is 4.79 Å². The second-order valence-electron chi connectivity index (χ2n) is 6.63. The van der Waals surface area contributed by atoms with E-state index in [1.54, 1.807) is 0 Å². The molecule has 1 heterocycles. The van der Waals surface area contributed by atoms with Crippen molar-refractivity contribution in [1.29, 1.82) is 0 Å². The van der Waals surface area contributed by atoms with Crippen LogP contribution in [0.2, 0.25) is 0 Å². The summed E-state index contributed by atoms with van der Waals surface area (Å²) in [6.07, 6.45) is 0.917. The second-order valence-corrected chi connectivity index (χ2v) is 6.63. The molecule has 0 radical (unpaired) electrons. The molecular weight excluding hydrogens is 310 g/mol. The Labute approximate surface area is 150 Å². The van der Waals surface area contributed by atoms with E-state index in [1.165, 1.54) is 16.7 Å². The maximum Gasteiger partial charge on any atom is 0.321 e. The van der Waals surface area contributed by atoms with Gasteiger partial charge in [-0.2, -0.15) is 0 Å². The zero-order valence-electron chi connectivity index (χ0n) is 15.2. The van der Waals surface area contributed by atoms with Gasteiger partial charge in [0.1, 0.15) is 0 Å². The molecule has 0 aliphatic carbocycles. The molecule has 0 atom stereocenters. The quantitative estimate of drug-likeness (QED) is 0.918. The van der Waals surface area contributed by atoms with Crippen LogP contribution in [0.5, 0.6) is 0 Å². The van der Waals surface area contributed by atoms with Crippen molar-refractivity contribution in [2.75, 3.05) is 31.5 Å². The molecule has 2 aromatic carbocycles. The van der Waals surface area contributed by atoms with E-state index in [9.17, 15) is 4.79 Å². The number of carbonyl (C=O) groups excluding carboxylic acids is 1. The fourth-order valence-corrected chi connectivity index (χ4v) is 3.28. The number of urea groups is 1. The number of carbonyl (C=O) groups is 1. The van der Waals surface area contributed by atoms with E-state index < -0.39 is 0 Å². The number of aryl methyl sites for hydroxylation is 2. The van der Waals surface area contributed by atoms with Gasteiger partial charge in [-0.1, -0.05) is 49.4 Å². The summed E-state index contributed by atoms with van der Waals surface area (Å²) >= 11 is 0. The molecule has 0 aromatic heterocycles. The Kier molecular flexibility index (Phi) is 5.71. The van der Waals surface area contributed by atoms with Crippen molar-refractivity contribution in [1.82, 2.24) is 9.80 Å². The fourth-order valence-electron chi connectivity index (χ4n) is 3.28. The Balaban J connectivity index is 1.53. The van der Waals surface area contributed by atoms with Crippen molar-refractivity contribution in [2.45, 2.75) is 26.8 Å². The number of anilines is 1. The Morgan fingerprint density at radius 3 is 2.28 bits per heavy atom. The van der Waals surface area contributed by atoms with Crippen LogP contribution in [0.15, 0.2) is 48.5 Å². The summed E-state index contributed by atoms with van der Waals surface area (Å²) < 4.78 is 0. The third kappa shape index (κ3) is 4.40. The van der Waals surface area contributed by atoms with E-state index in [0.717, 1.165) is 44.8 Å². The average Bonchev–Trinajstić information content (AvgIpc) is 2.64. The molecule has 4 nitrogen and oxygen atoms in total. The number of nitrogens with one attached hydrogen (secondary N) is 1. The van der Waals surface area contributed by atoms with Crippen LogP contribution in [-0.2, 0) is 13.0 Å². The van der Waals surface area contributed by atoms with Crippen molar-refractivity contribution in [3.05, 3.63) is 65.2 Å². The van der Waals surface area contributed by atoms with Crippen LogP contribution in [0, 0.1) is 6.92 Å². The highest BCUT2D eigenvalue weighted by atomic mass is 16.2. The van der Waals surface area contributed by atoms with E-state index >= 15 is 0 Å². The third-order valence-electron chi connectivity index (χ3n) is 4.95. The SMILES string of the molecule is CCc1ccccc1NC(=O)N1CCN(Cc2ccccc2C)CC1. The summed E-state index contributed by atoms with van der Waals surface area (Å²) in [5.41, 5.74) is 4.81. The molecule has 0 spiro atoms. The molecule has 1 N–H and O–H groups in total. The van der Waals surface area contributed by atoms with Gasteiger partial charge in [0.05, 0.1) is 0 Å². The maximum absolute atomic E-state index is 12.6. The predicted octanol–water partition coefficient (Wildman–Crippen LogP) is 3.91. The minimum Gasteiger partial charge on any atom is -0.322 e. The minimum absolute atomic E-state index is 0.0106. The third-order valence-corrected chi connectivity index (χ3v) is 4.95. The van der Waals surface area contributed by atoms with Gasteiger partial charge in [0, 0.05) is 38.4 Å². The summed E-state index contributed by atoms with van der Waals surface area (Å²) in [5.74, 6) is 0. The normalized spacial score (nSPS) is 15.2. The summed E-state index contributed by atoms with van der Waals surface area (Å²) in [4.78, 5) is 16.9. The van der Waals surface area contributed by atoms with Crippen molar-refractivity contribution in [2.24, 2.45) is 0 Å². The van der Waals surface area contributed by atoms with Crippen LogP contribution < -0.4 is 5.32 Å². The van der Waals surface area contributed by atoms with Crippen LogP contribution in [0.25, 0.3) is 0 Å². The number of benzene rings is 2. The second kappa shape index (κ2) is 8.17. The van der Waals surface area contributed by atoms with Gasteiger partial charge in [0.25, 0.3) is 0 Å². The van der Waals surface area contributed by atoms with Crippen LogP contribution >= 0.6 is 0 Å². The molecule has 1 fully saturated rings. The number of piperazine rings is 1. The first-order valence-corrected chi connectivity index (χ1v) is 9.08. The number of hydrogen-bond acceptors (Lipinski definition) is 2. The lowest BCUT2D eigenvalue weighted by Crippen LogP contribution is -2.49. The number of amides is 2. The number of nitrogens with zero attached hydrogens (tertiary/aromatic N) is 2. The predicted molar refractivity (Wildman–Crippen MR) is 103 cm³/mol. The smallest absolute Gasteiger partial charge is 0.321 e. The van der Waals surface area contributed by atoms with Crippen molar-refractivity contribution >= 4 is 11.7 Å². The maximum atomic E-state index is 12.6. The lowest BCUT2D eigenvalue weighted by atomic mass is 10.1. The van der Waals surface area contributed by atoms with Gasteiger partial charge in [-0.05, 0) is 36.1 Å². The first-order valence-electron chi connectivity index (χ1n) is 9.08. The highest BCUT2D eigenvalue weighted by Gasteiger charge is 2.21. The molecule has 3 rings (SSSR count). The molecule has 132 valence electrons. The largest absolute Gasteiger partial charge is 0.322 e. The Bertz CT molecular complexity index is 721. The van der Waals surface area contributed by atoms with Gasteiger partial charge in [-0.15, -0.1) is 0 Å². The summed E-state index contributed by atoms with van der Waals surface area (Å²) in [6, 6.07) is 16.6. The summed E-state index contributed by atoms with van der Waals surface area (Å²) in [7, 11) is 0. The molecule has 4 heteroatoms. The standard InChI is InChI=1S/C21H27N3O/c1-3-18-9-6-7-11-20(18)22-21(25)24-14-12-23(13-15-24)16-19-10-5-4-8-17(19)2/h4-11H,3,12-16H2,1-2H3,(H,22,25). The minimum atomic E-state index is 0.0106. The van der Waals surface area contributed by atoms with E-state index in [0.29, 0.717) is 0 Å². The van der Waals surface area contributed by atoms with Crippen molar-refractivity contribution in [3.8, 4) is 0 Å². The molecular formula is C21H27N3O. The zero-order chi connectivity index (χ0) is 17.6. The fraction of sp³-hybridized carbons (Fsp3) is 0.381. The molecule has 0 saturated carbocycles. The van der Waals surface area contributed by atoms with Gasteiger partial charge in [0.15, 0.2) is 0 Å². The molecule has 1 saturated heterocycles. The van der Waals surface area contributed by atoms with Crippen LogP contribution in [0.3, 0.4) is 0 Å². The molecule has 2 amide bonds. The summed E-state index contributed by atoms with van der Waals surface area (Å²) in [6.45, 7) is 8.59. The first-order chi connectivity index (χ1) is 12.2. The van der Waals surface area contributed by atoms with E-state index in [-0.39, 0.29) is 6.03 Å². The lowest BCUT2D eigenvalue weighted by Gasteiger charge is -2.35. The van der Waals surface area contributed by atoms with Crippen LogP contribution in [-0.4, -0.2) is 42.0 Å². The Morgan fingerprint density at radius 1 is 0.960 bits per heavy atom. The highest BCUT2D eigenvalue weighted by molar-refractivity contribution is 5.90. The van der Waals surface area contributed by atoms with Crippen molar-refractivity contribution < 1.29 is 4.79 Å². The molecule has 2 aromatic rings. The van der Waals surface area contributed by atoms with Gasteiger partial charge >= 0.3 is 6.03 Å². The van der Waals surface area contributed by atoms with Crippen molar-refractivity contribution in [3.63, 3.8) is 0 Å². The van der Waals surface area contributed by atoms with Gasteiger partial charge in [0.2, 0.25) is 0 Å².